The van der Waals surface area contributed by atoms with Gasteiger partial charge in [0.2, 0.25) is 10.0 Å². The summed E-state index contributed by atoms with van der Waals surface area (Å²) in [6, 6.07) is 11.9. The van der Waals surface area contributed by atoms with Crippen LogP contribution in [0.15, 0.2) is 47.4 Å². The zero-order valence-corrected chi connectivity index (χ0v) is 14.7. The average Bonchev–Trinajstić information content (AvgIpc) is 2.59. The summed E-state index contributed by atoms with van der Waals surface area (Å²) >= 11 is 0. The topological polar surface area (TPSA) is 73.9 Å². The number of aryl methyl sites for hydroxylation is 1. The van der Waals surface area contributed by atoms with Crippen molar-refractivity contribution in [2.45, 2.75) is 11.8 Å². The second kappa shape index (κ2) is 8.03. The van der Waals surface area contributed by atoms with Gasteiger partial charge in [0.05, 0.1) is 19.1 Å². The largest absolute Gasteiger partial charge is 0.497 e. The molecular formula is C17H21NO5S. The van der Waals surface area contributed by atoms with E-state index in [1.807, 2.05) is 0 Å². The van der Waals surface area contributed by atoms with E-state index in [9.17, 15) is 8.42 Å². The normalized spacial score (nSPS) is 11.1. The standard InChI is InChI=1S/C17H21NO5S/c1-13-12-16(22-3)8-9-17(13)24(19,20)18-10-11-23-15-6-4-14(21-2)5-7-15/h4-9,12,18H,10-11H2,1-3H3. The molecule has 0 atom stereocenters. The highest BCUT2D eigenvalue weighted by atomic mass is 32.2. The predicted octanol–water partition coefficient (Wildman–Crippen LogP) is 2.37. The molecule has 0 aliphatic carbocycles. The van der Waals surface area contributed by atoms with E-state index < -0.39 is 10.0 Å². The lowest BCUT2D eigenvalue weighted by Crippen LogP contribution is -2.28. The number of ether oxygens (including phenoxy) is 3. The van der Waals surface area contributed by atoms with Gasteiger partial charge >= 0.3 is 0 Å². The van der Waals surface area contributed by atoms with Gasteiger partial charge in [0.1, 0.15) is 23.9 Å². The Labute approximate surface area is 142 Å². The fraction of sp³-hybridized carbons (Fsp3) is 0.294. The first-order valence-corrected chi connectivity index (χ1v) is 8.86. The summed E-state index contributed by atoms with van der Waals surface area (Å²) in [7, 11) is -0.458. The van der Waals surface area contributed by atoms with Crippen LogP contribution in [0.1, 0.15) is 5.56 Å². The van der Waals surface area contributed by atoms with Crippen LogP contribution in [0, 0.1) is 6.92 Å². The summed E-state index contributed by atoms with van der Waals surface area (Å²) in [4.78, 5) is 0.229. The molecule has 0 unspecified atom stereocenters. The first-order valence-electron chi connectivity index (χ1n) is 7.37. The second-order valence-electron chi connectivity index (χ2n) is 5.05. The van der Waals surface area contributed by atoms with Crippen molar-refractivity contribution in [3.05, 3.63) is 48.0 Å². The van der Waals surface area contributed by atoms with Crippen molar-refractivity contribution in [3.63, 3.8) is 0 Å². The minimum Gasteiger partial charge on any atom is -0.497 e. The molecule has 0 heterocycles. The highest BCUT2D eigenvalue weighted by Gasteiger charge is 2.16. The van der Waals surface area contributed by atoms with Gasteiger partial charge in [-0.3, -0.25) is 0 Å². The molecule has 0 aromatic heterocycles. The van der Waals surface area contributed by atoms with Crippen molar-refractivity contribution in [3.8, 4) is 17.2 Å². The maximum Gasteiger partial charge on any atom is 0.240 e. The van der Waals surface area contributed by atoms with Gasteiger partial charge in [0, 0.05) is 6.54 Å². The quantitative estimate of drug-likeness (QED) is 0.739. The molecule has 1 N–H and O–H groups in total. The van der Waals surface area contributed by atoms with Crippen molar-refractivity contribution in [1.29, 1.82) is 0 Å². The molecule has 130 valence electrons. The van der Waals surface area contributed by atoms with E-state index in [2.05, 4.69) is 4.72 Å². The van der Waals surface area contributed by atoms with Gasteiger partial charge in [-0.25, -0.2) is 13.1 Å². The average molecular weight is 351 g/mol. The molecule has 2 rings (SSSR count). The molecule has 0 fully saturated rings. The molecule has 2 aromatic rings. The summed E-state index contributed by atoms with van der Waals surface area (Å²) in [5.74, 6) is 2.00. The van der Waals surface area contributed by atoms with E-state index in [1.54, 1.807) is 50.4 Å². The molecular weight excluding hydrogens is 330 g/mol. The minimum atomic E-state index is -3.59. The maximum atomic E-state index is 12.3. The van der Waals surface area contributed by atoms with Gasteiger partial charge in [0.15, 0.2) is 0 Å². The van der Waals surface area contributed by atoms with Gasteiger partial charge in [0.25, 0.3) is 0 Å². The highest BCUT2D eigenvalue weighted by Crippen LogP contribution is 2.21. The number of benzene rings is 2. The van der Waals surface area contributed by atoms with E-state index in [1.165, 1.54) is 13.2 Å². The lowest BCUT2D eigenvalue weighted by molar-refractivity contribution is 0.322. The molecule has 6 nitrogen and oxygen atoms in total. The van der Waals surface area contributed by atoms with Crippen molar-refractivity contribution < 1.29 is 22.6 Å². The van der Waals surface area contributed by atoms with Crippen LogP contribution < -0.4 is 18.9 Å². The molecule has 0 radical (unpaired) electrons. The molecule has 7 heteroatoms. The van der Waals surface area contributed by atoms with Crippen LogP contribution in [0.3, 0.4) is 0 Å². The summed E-state index contributed by atoms with van der Waals surface area (Å²) < 4.78 is 42.8. The minimum absolute atomic E-state index is 0.166. The summed E-state index contributed by atoms with van der Waals surface area (Å²) in [6.45, 7) is 2.12. The third-order valence-electron chi connectivity index (χ3n) is 3.39. The fourth-order valence-corrected chi connectivity index (χ4v) is 3.38. The lowest BCUT2D eigenvalue weighted by Gasteiger charge is -2.11. The number of methoxy groups -OCH3 is 2. The molecule has 0 aliphatic heterocycles. The zero-order valence-electron chi connectivity index (χ0n) is 13.9. The Morgan fingerprint density at radius 2 is 1.50 bits per heavy atom. The van der Waals surface area contributed by atoms with E-state index >= 15 is 0 Å². The van der Waals surface area contributed by atoms with Gasteiger partial charge in [-0.05, 0) is 55.0 Å². The lowest BCUT2D eigenvalue weighted by atomic mass is 10.2. The SMILES string of the molecule is COc1ccc(OCCNS(=O)(=O)c2ccc(OC)cc2C)cc1. The molecule has 0 bridgehead atoms. The smallest absolute Gasteiger partial charge is 0.240 e. The number of nitrogens with one attached hydrogen (secondary N) is 1. The number of rotatable bonds is 8. The summed E-state index contributed by atoms with van der Waals surface area (Å²) in [5, 5.41) is 0. The van der Waals surface area contributed by atoms with Crippen molar-refractivity contribution >= 4 is 10.0 Å². The first kappa shape index (κ1) is 18.1. The van der Waals surface area contributed by atoms with Gasteiger partial charge < -0.3 is 14.2 Å². The molecule has 0 aliphatic rings. The third-order valence-corrected chi connectivity index (χ3v) is 5.02. The highest BCUT2D eigenvalue weighted by molar-refractivity contribution is 7.89. The van der Waals surface area contributed by atoms with Crippen molar-refractivity contribution in [2.24, 2.45) is 0 Å². The van der Waals surface area contributed by atoms with E-state index in [4.69, 9.17) is 14.2 Å². The Morgan fingerprint density at radius 3 is 2.08 bits per heavy atom. The first-order chi connectivity index (χ1) is 11.5. The van der Waals surface area contributed by atoms with Crippen LogP contribution in [0.5, 0.6) is 17.2 Å². The Hall–Kier alpha value is -2.25. The van der Waals surface area contributed by atoms with Crippen LogP contribution in [-0.4, -0.2) is 35.8 Å². The molecule has 24 heavy (non-hydrogen) atoms. The van der Waals surface area contributed by atoms with Crippen LogP contribution in [0.25, 0.3) is 0 Å². The number of hydrogen-bond donors (Lipinski definition) is 1. The molecule has 0 amide bonds. The van der Waals surface area contributed by atoms with Crippen LogP contribution in [0.2, 0.25) is 0 Å². The molecule has 0 spiro atoms. The van der Waals surface area contributed by atoms with E-state index in [-0.39, 0.29) is 18.0 Å². The van der Waals surface area contributed by atoms with E-state index in [0.29, 0.717) is 17.1 Å². The third kappa shape index (κ3) is 4.62. The molecule has 0 saturated heterocycles. The van der Waals surface area contributed by atoms with Crippen molar-refractivity contribution in [2.75, 3.05) is 27.4 Å². The number of hydrogen-bond acceptors (Lipinski definition) is 5. The Kier molecular flexibility index (Phi) is 6.05. The summed E-state index contributed by atoms with van der Waals surface area (Å²) in [5.41, 5.74) is 0.623. The second-order valence-corrected chi connectivity index (χ2v) is 6.79. The fourth-order valence-electron chi connectivity index (χ4n) is 2.14. The van der Waals surface area contributed by atoms with Crippen molar-refractivity contribution in [1.82, 2.24) is 4.72 Å². The zero-order chi connectivity index (χ0) is 17.6. The van der Waals surface area contributed by atoms with E-state index in [0.717, 1.165) is 5.75 Å². The molecule has 0 saturated carbocycles. The van der Waals surface area contributed by atoms with Gasteiger partial charge in [-0.15, -0.1) is 0 Å². The van der Waals surface area contributed by atoms with Gasteiger partial charge in [-0.2, -0.15) is 0 Å². The Morgan fingerprint density at radius 1 is 0.917 bits per heavy atom. The monoisotopic (exact) mass is 351 g/mol. The van der Waals surface area contributed by atoms with Gasteiger partial charge in [-0.1, -0.05) is 0 Å². The van der Waals surface area contributed by atoms with Crippen LogP contribution in [0.4, 0.5) is 0 Å². The Bertz CT molecular complexity index is 772. The predicted molar refractivity (Wildman–Crippen MR) is 91.4 cm³/mol. The Balaban J connectivity index is 1.90. The maximum absolute atomic E-state index is 12.3. The summed E-state index contributed by atoms with van der Waals surface area (Å²) in [6.07, 6.45) is 0. The molecule has 2 aromatic carbocycles. The van der Waals surface area contributed by atoms with Crippen LogP contribution in [-0.2, 0) is 10.0 Å². The van der Waals surface area contributed by atoms with Crippen LogP contribution >= 0.6 is 0 Å². The number of sulfonamides is 1.